The second-order valence-electron chi connectivity index (χ2n) is 6.99. The van der Waals surface area contributed by atoms with E-state index in [2.05, 4.69) is 4.98 Å². The zero-order valence-corrected chi connectivity index (χ0v) is 14.5. The van der Waals surface area contributed by atoms with Crippen molar-refractivity contribution in [1.82, 2.24) is 9.88 Å². The summed E-state index contributed by atoms with van der Waals surface area (Å²) in [6, 6.07) is 6.01. The molecule has 0 spiro atoms. The normalized spacial score (nSPS) is 18.7. The number of carbonyl (C=O) groups excluding carboxylic acids is 1. The van der Waals surface area contributed by atoms with E-state index < -0.39 is 5.60 Å². The minimum absolute atomic E-state index is 0.202. The van der Waals surface area contributed by atoms with Crippen molar-refractivity contribution < 1.29 is 14.3 Å². The van der Waals surface area contributed by atoms with Gasteiger partial charge in [0.1, 0.15) is 5.60 Å². The van der Waals surface area contributed by atoms with E-state index in [1.54, 1.807) is 6.20 Å². The highest BCUT2D eigenvalue weighted by atomic mass is 16.6. The molecule has 23 heavy (non-hydrogen) atoms. The van der Waals surface area contributed by atoms with Gasteiger partial charge in [-0.1, -0.05) is 6.07 Å². The van der Waals surface area contributed by atoms with E-state index in [4.69, 9.17) is 9.47 Å². The monoisotopic (exact) mass is 320 g/mol. The Morgan fingerprint density at radius 1 is 1.35 bits per heavy atom. The molecular formula is C18H28N2O3. The van der Waals surface area contributed by atoms with Gasteiger partial charge >= 0.3 is 6.09 Å². The van der Waals surface area contributed by atoms with Crippen LogP contribution in [0.3, 0.4) is 0 Å². The molecule has 1 aromatic heterocycles. The Kier molecular flexibility index (Phi) is 6.39. The number of hydrogen-bond donors (Lipinski definition) is 0. The molecule has 1 aliphatic rings. The molecule has 0 aliphatic carbocycles. The van der Waals surface area contributed by atoms with Crippen molar-refractivity contribution in [1.29, 1.82) is 0 Å². The number of likely N-dealkylation sites (tertiary alicyclic amines) is 1. The second kappa shape index (κ2) is 8.29. The van der Waals surface area contributed by atoms with Crippen LogP contribution in [0.5, 0.6) is 0 Å². The van der Waals surface area contributed by atoms with E-state index in [0.717, 1.165) is 37.9 Å². The summed E-state index contributed by atoms with van der Waals surface area (Å²) >= 11 is 0. The van der Waals surface area contributed by atoms with Crippen molar-refractivity contribution >= 4 is 6.09 Å². The topological polar surface area (TPSA) is 51.7 Å². The SMILES string of the molecule is CC(C)(C)OC(=O)N1CCCCC1CCOCc1ccccn1. The summed E-state index contributed by atoms with van der Waals surface area (Å²) < 4.78 is 11.2. The van der Waals surface area contributed by atoms with E-state index in [-0.39, 0.29) is 12.1 Å². The molecule has 1 fully saturated rings. The lowest BCUT2D eigenvalue weighted by molar-refractivity contribution is 0.00368. The van der Waals surface area contributed by atoms with Crippen molar-refractivity contribution in [3.63, 3.8) is 0 Å². The Morgan fingerprint density at radius 3 is 2.87 bits per heavy atom. The molecule has 2 rings (SSSR count). The van der Waals surface area contributed by atoms with Crippen LogP contribution in [0.15, 0.2) is 24.4 Å². The molecular weight excluding hydrogens is 292 g/mol. The molecule has 1 amide bonds. The summed E-state index contributed by atoms with van der Waals surface area (Å²) in [5.41, 5.74) is 0.481. The van der Waals surface area contributed by atoms with Gasteiger partial charge in [-0.15, -0.1) is 0 Å². The van der Waals surface area contributed by atoms with Gasteiger partial charge < -0.3 is 14.4 Å². The van der Waals surface area contributed by atoms with Crippen LogP contribution < -0.4 is 0 Å². The number of carbonyl (C=O) groups is 1. The quantitative estimate of drug-likeness (QED) is 0.775. The maximum absolute atomic E-state index is 12.3. The number of aromatic nitrogens is 1. The minimum atomic E-state index is -0.450. The van der Waals surface area contributed by atoms with Crippen molar-refractivity contribution in [2.24, 2.45) is 0 Å². The van der Waals surface area contributed by atoms with Crippen molar-refractivity contribution in [2.75, 3.05) is 13.2 Å². The minimum Gasteiger partial charge on any atom is -0.444 e. The standard InChI is InChI=1S/C18H28N2O3/c1-18(2,3)23-17(21)20-12-7-5-9-16(20)10-13-22-14-15-8-4-6-11-19-15/h4,6,8,11,16H,5,7,9-10,12-14H2,1-3H3. The van der Waals surface area contributed by atoms with Gasteiger partial charge in [-0.25, -0.2) is 4.79 Å². The lowest BCUT2D eigenvalue weighted by Gasteiger charge is -2.36. The molecule has 5 nitrogen and oxygen atoms in total. The molecule has 0 aromatic carbocycles. The van der Waals surface area contributed by atoms with Gasteiger partial charge in [0.2, 0.25) is 0 Å². The van der Waals surface area contributed by atoms with Crippen LogP contribution in [0, 0.1) is 0 Å². The van der Waals surface area contributed by atoms with E-state index in [1.165, 1.54) is 0 Å². The fourth-order valence-corrected chi connectivity index (χ4v) is 2.74. The Bertz CT molecular complexity index is 485. The van der Waals surface area contributed by atoms with Crippen LogP contribution in [0.2, 0.25) is 0 Å². The molecule has 1 aliphatic heterocycles. The number of amides is 1. The lowest BCUT2D eigenvalue weighted by atomic mass is 10.0. The highest BCUT2D eigenvalue weighted by Gasteiger charge is 2.30. The predicted octanol–water partition coefficient (Wildman–Crippen LogP) is 3.78. The largest absolute Gasteiger partial charge is 0.444 e. The molecule has 0 N–H and O–H groups in total. The summed E-state index contributed by atoms with van der Waals surface area (Å²) in [5, 5.41) is 0. The van der Waals surface area contributed by atoms with Gasteiger partial charge in [0.05, 0.1) is 12.3 Å². The number of ether oxygens (including phenoxy) is 2. The van der Waals surface area contributed by atoms with E-state index >= 15 is 0 Å². The molecule has 128 valence electrons. The van der Waals surface area contributed by atoms with Crippen LogP contribution in [0.4, 0.5) is 4.79 Å². The highest BCUT2D eigenvalue weighted by molar-refractivity contribution is 5.68. The fraction of sp³-hybridized carbons (Fsp3) is 0.667. The van der Waals surface area contributed by atoms with Crippen LogP contribution in [-0.2, 0) is 16.1 Å². The Hall–Kier alpha value is -1.62. The Morgan fingerprint density at radius 2 is 2.17 bits per heavy atom. The first-order valence-electron chi connectivity index (χ1n) is 8.43. The van der Waals surface area contributed by atoms with Crippen LogP contribution in [-0.4, -0.2) is 40.8 Å². The predicted molar refractivity (Wildman–Crippen MR) is 89.1 cm³/mol. The number of nitrogens with zero attached hydrogens (tertiary/aromatic N) is 2. The fourth-order valence-electron chi connectivity index (χ4n) is 2.74. The molecule has 1 unspecified atom stereocenters. The van der Waals surface area contributed by atoms with E-state index in [9.17, 15) is 4.79 Å². The van der Waals surface area contributed by atoms with Gasteiger partial charge in [0, 0.05) is 25.4 Å². The molecule has 1 saturated heterocycles. The average molecular weight is 320 g/mol. The molecule has 0 bridgehead atoms. The number of hydrogen-bond acceptors (Lipinski definition) is 4. The third kappa shape index (κ3) is 6.18. The molecule has 2 heterocycles. The molecule has 1 atom stereocenters. The van der Waals surface area contributed by atoms with E-state index in [1.807, 2.05) is 43.9 Å². The van der Waals surface area contributed by atoms with Gasteiger partial charge in [-0.05, 0) is 58.6 Å². The van der Waals surface area contributed by atoms with Crippen molar-refractivity contribution in [3.8, 4) is 0 Å². The first kappa shape index (κ1) is 17.7. The Labute approximate surface area is 139 Å². The van der Waals surface area contributed by atoms with Gasteiger partial charge in [0.25, 0.3) is 0 Å². The van der Waals surface area contributed by atoms with Crippen LogP contribution in [0.25, 0.3) is 0 Å². The van der Waals surface area contributed by atoms with Crippen molar-refractivity contribution in [2.45, 2.75) is 64.7 Å². The summed E-state index contributed by atoms with van der Waals surface area (Å²) in [4.78, 5) is 18.4. The van der Waals surface area contributed by atoms with Gasteiger partial charge in [0.15, 0.2) is 0 Å². The lowest BCUT2D eigenvalue weighted by Crippen LogP contribution is -2.46. The summed E-state index contributed by atoms with van der Waals surface area (Å²) in [6.07, 6.45) is 5.63. The van der Waals surface area contributed by atoms with Crippen molar-refractivity contribution in [3.05, 3.63) is 30.1 Å². The average Bonchev–Trinajstić information content (AvgIpc) is 2.51. The summed E-state index contributed by atoms with van der Waals surface area (Å²) in [6.45, 7) is 7.62. The Balaban J connectivity index is 1.78. The molecule has 0 radical (unpaired) electrons. The summed E-state index contributed by atoms with van der Waals surface area (Å²) in [7, 11) is 0. The second-order valence-corrected chi connectivity index (χ2v) is 6.99. The number of rotatable bonds is 5. The first-order chi connectivity index (χ1) is 11.0. The van der Waals surface area contributed by atoms with Crippen LogP contribution in [0.1, 0.15) is 52.1 Å². The van der Waals surface area contributed by atoms with E-state index in [0.29, 0.717) is 13.2 Å². The summed E-state index contributed by atoms with van der Waals surface area (Å²) in [5.74, 6) is 0. The smallest absolute Gasteiger partial charge is 0.410 e. The third-order valence-electron chi connectivity index (χ3n) is 3.83. The molecule has 0 saturated carbocycles. The molecule has 5 heteroatoms. The number of piperidine rings is 1. The third-order valence-corrected chi connectivity index (χ3v) is 3.83. The maximum atomic E-state index is 12.3. The zero-order chi connectivity index (χ0) is 16.7. The first-order valence-corrected chi connectivity index (χ1v) is 8.43. The number of pyridine rings is 1. The van der Waals surface area contributed by atoms with Crippen LogP contribution >= 0.6 is 0 Å². The molecule has 1 aromatic rings. The maximum Gasteiger partial charge on any atom is 0.410 e. The van der Waals surface area contributed by atoms with Gasteiger partial charge in [-0.2, -0.15) is 0 Å². The van der Waals surface area contributed by atoms with Gasteiger partial charge in [-0.3, -0.25) is 4.98 Å². The highest BCUT2D eigenvalue weighted by Crippen LogP contribution is 2.22. The zero-order valence-electron chi connectivity index (χ0n) is 14.5.